The van der Waals surface area contributed by atoms with Gasteiger partial charge in [-0.3, -0.25) is 0 Å². The number of rotatable bonds is 7. The molecule has 2 aliphatic rings. The topological polar surface area (TPSA) is 0 Å². The zero-order chi connectivity index (χ0) is 13.3. The highest BCUT2D eigenvalue weighted by Gasteiger charge is 2.31. The summed E-state index contributed by atoms with van der Waals surface area (Å²) in [6, 6.07) is 1.70. The summed E-state index contributed by atoms with van der Waals surface area (Å²) >= 11 is 0. The summed E-state index contributed by atoms with van der Waals surface area (Å²) in [6.45, 7) is 2.34. The minimum atomic E-state index is -0.439. The largest absolute Gasteiger partial charge is 0.0654 e. The Morgan fingerprint density at radius 2 is 1.21 bits per heavy atom. The fraction of sp³-hybridized carbons (Fsp3) is 1.00. The molecular formula is C18H36Si. The summed E-state index contributed by atoms with van der Waals surface area (Å²) in [5.74, 6) is 0. The highest BCUT2D eigenvalue weighted by Crippen LogP contribution is 2.43. The molecule has 0 aromatic carbocycles. The molecule has 0 amide bonds. The molecule has 19 heavy (non-hydrogen) atoms. The van der Waals surface area contributed by atoms with Gasteiger partial charge in [0.15, 0.2) is 0 Å². The van der Waals surface area contributed by atoms with Crippen molar-refractivity contribution in [2.24, 2.45) is 0 Å². The van der Waals surface area contributed by atoms with Crippen LogP contribution in [0, 0.1) is 0 Å². The lowest BCUT2D eigenvalue weighted by Crippen LogP contribution is -2.30. The van der Waals surface area contributed by atoms with Crippen LogP contribution in [0.1, 0.15) is 96.8 Å². The van der Waals surface area contributed by atoms with E-state index >= 15 is 0 Å². The Hall–Kier alpha value is 0.217. The van der Waals surface area contributed by atoms with Crippen molar-refractivity contribution in [3.8, 4) is 0 Å². The van der Waals surface area contributed by atoms with Crippen molar-refractivity contribution in [3.63, 3.8) is 0 Å². The van der Waals surface area contributed by atoms with Crippen molar-refractivity contribution in [2.75, 3.05) is 0 Å². The molecular weight excluding hydrogens is 244 g/mol. The number of unbranched alkanes of at least 4 members (excludes halogenated alkanes) is 3. The molecule has 0 saturated heterocycles. The molecule has 2 saturated carbocycles. The molecule has 0 spiro atoms. The van der Waals surface area contributed by atoms with Gasteiger partial charge in [-0.1, -0.05) is 103 Å². The van der Waals surface area contributed by atoms with Crippen molar-refractivity contribution in [1.29, 1.82) is 0 Å². The average Bonchev–Trinajstić information content (AvgIpc) is 2.49. The number of hydrogen-bond acceptors (Lipinski definition) is 0. The van der Waals surface area contributed by atoms with Crippen molar-refractivity contribution < 1.29 is 0 Å². The van der Waals surface area contributed by atoms with Crippen LogP contribution in [-0.4, -0.2) is 8.80 Å². The zero-order valence-corrected chi connectivity index (χ0v) is 14.5. The van der Waals surface area contributed by atoms with Crippen molar-refractivity contribution in [1.82, 2.24) is 0 Å². The minimum absolute atomic E-state index is 0.439. The predicted molar refractivity (Wildman–Crippen MR) is 89.8 cm³/mol. The highest BCUT2D eigenvalue weighted by molar-refractivity contribution is 6.62. The van der Waals surface area contributed by atoms with Gasteiger partial charge in [0.05, 0.1) is 0 Å². The SMILES string of the molecule is CCCCCC[SiH](C1CCCCC1)C1CCCCC1. The first-order chi connectivity index (χ1) is 9.42. The lowest BCUT2D eigenvalue weighted by atomic mass is 9.99. The zero-order valence-electron chi connectivity index (χ0n) is 13.3. The Morgan fingerprint density at radius 1 is 0.684 bits per heavy atom. The second-order valence-electron chi connectivity index (χ2n) is 7.31. The quantitative estimate of drug-likeness (QED) is 0.371. The summed E-state index contributed by atoms with van der Waals surface area (Å²) < 4.78 is 0. The maximum atomic E-state index is 2.34. The van der Waals surface area contributed by atoms with Crippen LogP contribution in [0.2, 0.25) is 17.1 Å². The molecule has 0 radical (unpaired) electrons. The van der Waals surface area contributed by atoms with Crippen LogP contribution in [0.25, 0.3) is 0 Å². The van der Waals surface area contributed by atoms with Gasteiger partial charge in [-0.25, -0.2) is 0 Å². The molecule has 112 valence electrons. The van der Waals surface area contributed by atoms with Crippen LogP contribution in [0.4, 0.5) is 0 Å². The van der Waals surface area contributed by atoms with Crippen LogP contribution >= 0.6 is 0 Å². The van der Waals surface area contributed by atoms with Crippen molar-refractivity contribution in [3.05, 3.63) is 0 Å². The van der Waals surface area contributed by atoms with Crippen molar-refractivity contribution >= 4 is 8.80 Å². The van der Waals surface area contributed by atoms with Crippen LogP contribution in [-0.2, 0) is 0 Å². The summed E-state index contributed by atoms with van der Waals surface area (Å²) in [6.07, 6.45) is 21.8. The average molecular weight is 281 g/mol. The van der Waals surface area contributed by atoms with Gasteiger partial charge in [-0.15, -0.1) is 0 Å². The van der Waals surface area contributed by atoms with Gasteiger partial charge in [0.25, 0.3) is 0 Å². The van der Waals surface area contributed by atoms with E-state index in [9.17, 15) is 0 Å². The van der Waals surface area contributed by atoms with Gasteiger partial charge in [-0.05, 0) is 11.1 Å². The molecule has 0 aromatic rings. The van der Waals surface area contributed by atoms with Gasteiger partial charge in [-0.2, -0.15) is 0 Å². The summed E-state index contributed by atoms with van der Waals surface area (Å²) in [5.41, 5.74) is 2.50. The van der Waals surface area contributed by atoms with Gasteiger partial charge in [0, 0.05) is 8.80 Å². The molecule has 2 rings (SSSR count). The first-order valence-corrected chi connectivity index (χ1v) is 11.6. The number of hydrogen-bond donors (Lipinski definition) is 0. The Morgan fingerprint density at radius 3 is 1.68 bits per heavy atom. The van der Waals surface area contributed by atoms with Gasteiger partial charge in [0.2, 0.25) is 0 Å². The second kappa shape index (κ2) is 9.21. The van der Waals surface area contributed by atoms with Gasteiger partial charge < -0.3 is 0 Å². The smallest absolute Gasteiger partial charge is 0.0430 e. The Kier molecular flexibility index (Phi) is 7.56. The minimum Gasteiger partial charge on any atom is -0.0654 e. The maximum absolute atomic E-state index is 2.34. The summed E-state index contributed by atoms with van der Waals surface area (Å²) in [7, 11) is -0.439. The van der Waals surface area contributed by atoms with Crippen LogP contribution in [0.15, 0.2) is 0 Å². The molecule has 0 heterocycles. The summed E-state index contributed by atoms with van der Waals surface area (Å²) in [4.78, 5) is 0. The van der Waals surface area contributed by atoms with E-state index in [1.807, 2.05) is 0 Å². The molecule has 0 unspecified atom stereocenters. The molecule has 1 heteroatoms. The third-order valence-electron chi connectivity index (χ3n) is 5.90. The molecule has 0 atom stereocenters. The van der Waals surface area contributed by atoms with E-state index in [1.165, 1.54) is 43.2 Å². The second-order valence-corrected chi connectivity index (χ2v) is 11.1. The lowest BCUT2D eigenvalue weighted by Gasteiger charge is -2.37. The highest BCUT2D eigenvalue weighted by atomic mass is 28.3. The Labute approximate surface area is 123 Å². The molecule has 0 aliphatic heterocycles. The standard InChI is InChI=1S/C18H36Si/c1-2-3-4-11-16-19(17-12-7-5-8-13-17)18-14-9-6-10-15-18/h17-19H,2-16H2,1H3. The monoisotopic (exact) mass is 280 g/mol. The fourth-order valence-electron chi connectivity index (χ4n) is 4.79. The third-order valence-corrected chi connectivity index (χ3v) is 10.7. The normalized spacial score (nSPS) is 23.1. The van der Waals surface area contributed by atoms with E-state index in [0.717, 1.165) is 0 Å². The van der Waals surface area contributed by atoms with E-state index in [1.54, 1.807) is 63.8 Å². The van der Waals surface area contributed by atoms with E-state index < -0.39 is 8.80 Å². The first-order valence-electron chi connectivity index (χ1n) is 9.42. The van der Waals surface area contributed by atoms with Crippen LogP contribution in [0.3, 0.4) is 0 Å². The third kappa shape index (κ3) is 5.25. The van der Waals surface area contributed by atoms with Gasteiger partial charge >= 0.3 is 0 Å². The van der Waals surface area contributed by atoms with Crippen LogP contribution in [0.5, 0.6) is 0 Å². The molecule has 0 nitrogen and oxygen atoms in total. The Balaban J connectivity index is 1.83. The lowest BCUT2D eigenvalue weighted by molar-refractivity contribution is 0.458. The first kappa shape index (κ1) is 15.6. The summed E-state index contributed by atoms with van der Waals surface area (Å²) in [5, 5.41) is 0. The molecule has 0 bridgehead atoms. The molecule has 0 N–H and O–H groups in total. The van der Waals surface area contributed by atoms with Crippen molar-refractivity contribution in [2.45, 2.75) is 114 Å². The fourth-order valence-corrected chi connectivity index (χ4v) is 9.92. The molecule has 2 fully saturated rings. The van der Waals surface area contributed by atoms with E-state index in [0.29, 0.717) is 0 Å². The Bertz CT molecular complexity index is 196. The van der Waals surface area contributed by atoms with Gasteiger partial charge in [0.1, 0.15) is 0 Å². The van der Waals surface area contributed by atoms with E-state index in [2.05, 4.69) is 6.92 Å². The van der Waals surface area contributed by atoms with Crippen LogP contribution < -0.4 is 0 Å². The molecule has 2 aliphatic carbocycles. The maximum Gasteiger partial charge on any atom is 0.0430 e. The van der Waals surface area contributed by atoms with E-state index in [-0.39, 0.29) is 0 Å². The van der Waals surface area contributed by atoms with E-state index in [4.69, 9.17) is 0 Å². The molecule has 0 aromatic heterocycles. The predicted octanol–water partition coefficient (Wildman–Crippen LogP) is 6.46.